The minimum Gasteiger partial charge on any atom is -0.309 e. The maximum absolute atomic E-state index is 6.92. The largest absolute Gasteiger partial charge is 0.309 e. The number of rotatable bonds is 4. The zero-order valence-electron chi connectivity index (χ0n) is 9.33. The van der Waals surface area contributed by atoms with Crippen molar-refractivity contribution in [2.24, 2.45) is 0 Å². The normalized spacial score (nSPS) is 10.9. The van der Waals surface area contributed by atoms with Gasteiger partial charge in [-0.25, -0.2) is 0 Å². The molecular formula is C14H17N. The topological polar surface area (TPSA) is 23.9 Å². The van der Waals surface area contributed by atoms with Crippen LogP contribution in [0.2, 0.25) is 0 Å². The molecule has 1 nitrogen and oxygen atoms in total. The van der Waals surface area contributed by atoms with Gasteiger partial charge in [-0.05, 0) is 28.7 Å². The number of hydrogen-bond acceptors (Lipinski definition) is 1. The second kappa shape index (κ2) is 5.30. The molecule has 1 heteroatoms. The van der Waals surface area contributed by atoms with Crippen molar-refractivity contribution in [3.63, 3.8) is 0 Å². The third kappa shape index (κ3) is 3.21. The van der Waals surface area contributed by atoms with Gasteiger partial charge in [-0.2, -0.15) is 0 Å². The maximum atomic E-state index is 6.92. The SMILES string of the molecule is C=C(/C=C\C=N)c1cccc(C(C)C)c1. The van der Waals surface area contributed by atoms with E-state index in [1.807, 2.05) is 18.2 Å². The molecule has 0 bridgehead atoms. The molecule has 15 heavy (non-hydrogen) atoms. The Kier molecular flexibility index (Phi) is 4.04. The first kappa shape index (κ1) is 11.4. The minimum atomic E-state index is 0.532. The van der Waals surface area contributed by atoms with E-state index in [0.717, 1.165) is 11.1 Å². The molecular weight excluding hydrogens is 182 g/mol. The molecule has 0 aliphatic heterocycles. The van der Waals surface area contributed by atoms with Gasteiger partial charge in [0.25, 0.3) is 0 Å². The van der Waals surface area contributed by atoms with Gasteiger partial charge in [0.1, 0.15) is 0 Å². The summed E-state index contributed by atoms with van der Waals surface area (Å²) in [7, 11) is 0. The van der Waals surface area contributed by atoms with Crippen molar-refractivity contribution >= 4 is 11.8 Å². The predicted molar refractivity (Wildman–Crippen MR) is 67.5 cm³/mol. The van der Waals surface area contributed by atoms with E-state index in [1.54, 1.807) is 6.08 Å². The van der Waals surface area contributed by atoms with Gasteiger partial charge < -0.3 is 5.41 Å². The maximum Gasteiger partial charge on any atom is 0.0177 e. The number of nitrogens with one attached hydrogen (secondary N) is 1. The first-order chi connectivity index (χ1) is 7.15. The van der Waals surface area contributed by atoms with E-state index in [4.69, 9.17) is 5.41 Å². The Morgan fingerprint density at radius 2 is 2.13 bits per heavy atom. The lowest BCUT2D eigenvalue weighted by Gasteiger charge is -2.07. The summed E-state index contributed by atoms with van der Waals surface area (Å²) >= 11 is 0. The number of hydrogen-bond donors (Lipinski definition) is 1. The summed E-state index contributed by atoms with van der Waals surface area (Å²) in [5.41, 5.74) is 3.39. The van der Waals surface area contributed by atoms with Crippen molar-refractivity contribution in [2.45, 2.75) is 19.8 Å². The van der Waals surface area contributed by atoms with E-state index in [-0.39, 0.29) is 0 Å². The van der Waals surface area contributed by atoms with Crippen LogP contribution in [-0.2, 0) is 0 Å². The fourth-order valence-electron chi connectivity index (χ4n) is 1.36. The highest BCUT2D eigenvalue weighted by Crippen LogP contribution is 2.20. The zero-order chi connectivity index (χ0) is 11.3. The van der Waals surface area contributed by atoms with Crippen molar-refractivity contribution in [1.29, 1.82) is 5.41 Å². The van der Waals surface area contributed by atoms with Crippen molar-refractivity contribution in [3.05, 3.63) is 54.1 Å². The van der Waals surface area contributed by atoms with Crippen molar-refractivity contribution < 1.29 is 0 Å². The van der Waals surface area contributed by atoms with E-state index in [2.05, 4.69) is 32.6 Å². The van der Waals surface area contributed by atoms with Gasteiger partial charge in [-0.3, -0.25) is 0 Å². The average Bonchev–Trinajstić information content (AvgIpc) is 2.26. The van der Waals surface area contributed by atoms with Gasteiger partial charge in [-0.15, -0.1) is 0 Å². The second-order valence-electron chi connectivity index (χ2n) is 3.83. The van der Waals surface area contributed by atoms with Crippen LogP contribution in [0.15, 0.2) is 43.0 Å². The van der Waals surface area contributed by atoms with Crippen molar-refractivity contribution in [1.82, 2.24) is 0 Å². The summed E-state index contributed by atoms with van der Waals surface area (Å²) in [6.45, 7) is 8.32. The molecule has 0 saturated heterocycles. The monoisotopic (exact) mass is 199 g/mol. The molecule has 0 unspecified atom stereocenters. The molecule has 0 heterocycles. The van der Waals surface area contributed by atoms with Crippen LogP contribution < -0.4 is 0 Å². The quantitative estimate of drug-likeness (QED) is 0.559. The first-order valence-electron chi connectivity index (χ1n) is 5.11. The predicted octanol–water partition coefficient (Wildman–Crippen LogP) is 4.03. The third-order valence-electron chi connectivity index (χ3n) is 2.32. The highest BCUT2D eigenvalue weighted by molar-refractivity contribution is 5.79. The van der Waals surface area contributed by atoms with Gasteiger partial charge >= 0.3 is 0 Å². The zero-order valence-corrected chi connectivity index (χ0v) is 9.33. The summed E-state index contributed by atoms with van der Waals surface area (Å²) in [5, 5.41) is 6.92. The van der Waals surface area contributed by atoms with Crippen LogP contribution in [0.5, 0.6) is 0 Å². The van der Waals surface area contributed by atoms with Crippen molar-refractivity contribution in [3.8, 4) is 0 Å². The van der Waals surface area contributed by atoms with Crippen LogP contribution in [0.3, 0.4) is 0 Å². The van der Waals surface area contributed by atoms with Gasteiger partial charge in [0.15, 0.2) is 0 Å². The summed E-state index contributed by atoms with van der Waals surface area (Å²) in [6.07, 6.45) is 4.80. The fourth-order valence-corrected chi connectivity index (χ4v) is 1.36. The van der Waals surface area contributed by atoms with Crippen LogP contribution >= 0.6 is 0 Å². The molecule has 78 valence electrons. The van der Waals surface area contributed by atoms with Gasteiger partial charge in [0.05, 0.1) is 0 Å². The van der Waals surface area contributed by atoms with Crippen LogP contribution in [0.1, 0.15) is 30.9 Å². The Bertz CT molecular complexity index is 386. The Hall–Kier alpha value is -1.63. The number of benzene rings is 1. The molecule has 0 aliphatic rings. The molecule has 1 rings (SSSR count). The molecule has 0 fully saturated rings. The van der Waals surface area contributed by atoms with E-state index in [9.17, 15) is 0 Å². The molecule has 0 aromatic heterocycles. The van der Waals surface area contributed by atoms with Crippen LogP contribution in [0, 0.1) is 5.41 Å². The standard InChI is InChI=1S/C14H17N/c1-11(2)13-7-4-8-14(10-13)12(3)6-5-9-15/h4-11,15H,3H2,1-2H3/b6-5-,15-9?. The summed E-state index contributed by atoms with van der Waals surface area (Å²) in [5.74, 6) is 0.532. The lowest BCUT2D eigenvalue weighted by atomic mass is 9.98. The van der Waals surface area contributed by atoms with Crippen LogP contribution in [0.25, 0.3) is 5.57 Å². The van der Waals surface area contributed by atoms with Crippen LogP contribution in [-0.4, -0.2) is 6.21 Å². The van der Waals surface area contributed by atoms with E-state index >= 15 is 0 Å². The lowest BCUT2D eigenvalue weighted by Crippen LogP contribution is -1.88. The molecule has 0 aliphatic carbocycles. The fraction of sp³-hybridized carbons (Fsp3) is 0.214. The van der Waals surface area contributed by atoms with Gasteiger partial charge in [0, 0.05) is 6.21 Å². The first-order valence-corrected chi connectivity index (χ1v) is 5.11. The minimum absolute atomic E-state index is 0.532. The molecule has 1 N–H and O–H groups in total. The van der Waals surface area contributed by atoms with E-state index in [0.29, 0.717) is 5.92 Å². The molecule has 0 radical (unpaired) electrons. The van der Waals surface area contributed by atoms with Gasteiger partial charge in [0.2, 0.25) is 0 Å². The molecule has 1 aromatic rings. The summed E-state index contributed by atoms with van der Waals surface area (Å²) < 4.78 is 0. The van der Waals surface area contributed by atoms with Crippen molar-refractivity contribution in [2.75, 3.05) is 0 Å². The molecule has 0 saturated carbocycles. The lowest BCUT2D eigenvalue weighted by molar-refractivity contribution is 0.866. The van der Waals surface area contributed by atoms with E-state index < -0.39 is 0 Å². The highest BCUT2D eigenvalue weighted by Gasteiger charge is 2.00. The van der Waals surface area contributed by atoms with Gasteiger partial charge in [-0.1, -0.05) is 50.8 Å². The summed E-state index contributed by atoms with van der Waals surface area (Å²) in [4.78, 5) is 0. The Morgan fingerprint density at radius 3 is 2.73 bits per heavy atom. The Balaban J connectivity index is 2.95. The highest BCUT2D eigenvalue weighted by atomic mass is 14.3. The van der Waals surface area contributed by atoms with Crippen LogP contribution in [0.4, 0.5) is 0 Å². The molecule has 0 spiro atoms. The van der Waals surface area contributed by atoms with E-state index in [1.165, 1.54) is 11.8 Å². The second-order valence-corrected chi connectivity index (χ2v) is 3.83. The molecule has 1 aromatic carbocycles. The average molecular weight is 199 g/mol. The summed E-state index contributed by atoms with van der Waals surface area (Å²) in [6, 6.07) is 8.37. The number of allylic oxidation sites excluding steroid dienone is 3. The molecule has 0 amide bonds. The Labute approximate surface area is 91.7 Å². The Morgan fingerprint density at radius 1 is 1.40 bits per heavy atom. The smallest absolute Gasteiger partial charge is 0.0177 e. The third-order valence-corrected chi connectivity index (χ3v) is 2.32. The molecule has 0 atom stereocenters.